The van der Waals surface area contributed by atoms with E-state index < -0.39 is 48.9 Å². The molecule has 14 heteroatoms. The van der Waals surface area contributed by atoms with E-state index in [1.165, 1.54) is 17.6 Å². The third-order valence-corrected chi connectivity index (χ3v) is 7.56. The number of rotatable bonds is 8. The number of fused-ring (bicyclic) bond motifs is 2. The highest BCUT2D eigenvalue weighted by molar-refractivity contribution is 5.95. The van der Waals surface area contributed by atoms with Crippen LogP contribution in [0, 0.1) is 0 Å². The maximum atomic E-state index is 13.9. The Hall–Kier alpha value is -4.40. The Kier molecular flexibility index (Phi) is 8.31. The van der Waals surface area contributed by atoms with E-state index in [1.54, 1.807) is 24.5 Å². The molecule has 2 N–H and O–H groups in total. The Morgan fingerprint density at radius 3 is 2.67 bits per heavy atom. The van der Waals surface area contributed by atoms with Gasteiger partial charge in [0.25, 0.3) is 5.91 Å². The van der Waals surface area contributed by atoms with Gasteiger partial charge in [0.1, 0.15) is 24.6 Å². The Morgan fingerprint density at radius 2 is 1.88 bits per heavy atom. The van der Waals surface area contributed by atoms with E-state index in [9.17, 15) is 14.4 Å². The topological polar surface area (TPSA) is 159 Å². The van der Waals surface area contributed by atoms with Gasteiger partial charge in [0.2, 0.25) is 0 Å². The molecule has 3 aromatic rings. The summed E-state index contributed by atoms with van der Waals surface area (Å²) in [5, 5.41) is 5.33. The van der Waals surface area contributed by atoms with E-state index in [4.69, 9.17) is 18.9 Å². The Labute approximate surface area is 247 Å². The van der Waals surface area contributed by atoms with Gasteiger partial charge in [0.05, 0.1) is 12.9 Å². The number of carbonyl (C=O) groups is 3. The van der Waals surface area contributed by atoms with Crippen molar-refractivity contribution in [2.45, 2.75) is 63.6 Å². The van der Waals surface area contributed by atoms with Gasteiger partial charge in [-0.25, -0.2) is 24.5 Å². The summed E-state index contributed by atoms with van der Waals surface area (Å²) in [6.45, 7) is 4.60. The molecular weight excluding hydrogens is 558 g/mol. The molecule has 5 heterocycles. The number of nitrogens with one attached hydrogen (secondary N) is 2. The van der Waals surface area contributed by atoms with Gasteiger partial charge in [-0.05, 0) is 38.3 Å². The van der Waals surface area contributed by atoms with Crippen molar-refractivity contribution < 1.29 is 33.3 Å². The van der Waals surface area contributed by atoms with E-state index in [0.717, 1.165) is 5.56 Å². The van der Waals surface area contributed by atoms with Gasteiger partial charge < -0.3 is 29.2 Å². The van der Waals surface area contributed by atoms with Crippen molar-refractivity contribution in [1.29, 1.82) is 0 Å². The number of aromatic nitrogens is 4. The number of ether oxygens (including phenoxy) is 4. The molecular formula is C29H33N7O7. The van der Waals surface area contributed by atoms with E-state index >= 15 is 0 Å². The summed E-state index contributed by atoms with van der Waals surface area (Å²) in [5.41, 5.74) is 1.67. The zero-order valence-electron chi connectivity index (χ0n) is 23.8. The second-order valence-electron chi connectivity index (χ2n) is 10.3. The maximum absolute atomic E-state index is 13.9. The number of urea groups is 1. The van der Waals surface area contributed by atoms with Crippen LogP contribution in [0.1, 0.15) is 38.5 Å². The molecule has 3 fully saturated rings. The molecule has 0 aliphatic carbocycles. The number of imidazole rings is 1. The number of hydrogen-bond acceptors (Lipinski definition) is 10. The number of likely N-dealkylation sites (tertiary alicyclic amines) is 1. The third kappa shape index (κ3) is 5.68. The Morgan fingerprint density at radius 1 is 1.07 bits per heavy atom. The molecule has 1 aromatic carbocycles. The van der Waals surface area contributed by atoms with Crippen molar-refractivity contribution in [2.75, 3.05) is 25.0 Å². The van der Waals surface area contributed by atoms with Crippen molar-refractivity contribution in [1.82, 2.24) is 29.7 Å². The first kappa shape index (κ1) is 28.7. The lowest BCUT2D eigenvalue weighted by Gasteiger charge is -2.27. The lowest BCUT2D eigenvalue weighted by atomic mass is 10.1. The summed E-state index contributed by atoms with van der Waals surface area (Å²) < 4.78 is 25.8. The summed E-state index contributed by atoms with van der Waals surface area (Å²) in [6, 6.07) is 8.59. The van der Waals surface area contributed by atoms with Crippen molar-refractivity contribution in [3.63, 3.8) is 0 Å². The largest absolute Gasteiger partial charge is 0.464 e. The fraction of sp³-hybridized carbons (Fsp3) is 0.448. The van der Waals surface area contributed by atoms with Crippen LogP contribution < -0.4 is 10.6 Å². The van der Waals surface area contributed by atoms with E-state index in [2.05, 4.69) is 25.6 Å². The van der Waals surface area contributed by atoms with Crippen LogP contribution in [0.5, 0.6) is 0 Å². The fourth-order valence-electron chi connectivity index (χ4n) is 5.66. The molecule has 3 aliphatic rings. The predicted molar refractivity (Wildman–Crippen MR) is 152 cm³/mol. The van der Waals surface area contributed by atoms with Crippen molar-refractivity contribution in [2.24, 2.45) is 0 Å². The first-order valence-electron chi connectivity index (χ1n) is 14.4. The number of esters is 1. The van der Waals surface area contributed by atoms with Gasteiger partial charge in [-0.1, -0.05) is 36.4 Å². The van der Waals surface area contributed by atoms with Crippen LogP contribution in [-0.2, 0) is 28.5 Å². The first-order chi connectivity index (χ1) is 21.0. The highest BCUT2D eigenvalue weighted by Gasteiger charge is 2.57. The van der Waals surface area contributed by atoms with E-state index in [1.807, 2.05) is 36.4 Å². The zero-order valence-corrected chi connectivity index (χ0v) is 23.8. The summed E-state index contributed by atoms with van der Waals surface area (Å²) in [4.78, 5) is 53.3. The fourth-order valence-corrected chi connectivity index (χ4v) is 5.66. The average molecular weight is 592 g/mol. The predicted octanol–water partition coefficient (Wildman–Crippen LogP) is 2.24. The average Bonchev–Trinajstić information content (AvgIpc) is 3.80. The molecule has 3 saturated heterocycles. The van der Waals surface area contributed by atoms with Crippen molar-refractivity contribution >= 4 is 41.0 Å². The third-order valence-electron chi connectivity index (χ3n) is 7.56. The van der Waals surface area contributed by atoms with Crippen LogP contribution >= 0.6 is 0 Å². The summed E-state index contributed by atoms with van der Waals surface area (Å²) in [6.07, 6.45) is 3.50. The lowest BCUT2D eigenvalue weighted by molar-refractivity contribution is -0.167. The normalized spacial score (nSPS) is 26.6. The molecule has 0 spiro atoms. The molecule has 6 rings (SSSR count). The van der Waals surface area contributed by atoms with Gasteiger partial charge in [0.15, 0.2) is 35.6 Å². The van der Waals surface area contributed by atoms with E-state index in [-0.39, 0.29) is 18.3 Å². The van der Waals surface area contributed by atoms with Gasteiger partial charge in [-0.2, -0.15) is 0 Å². The van der Waals surface area contributed by atoms with Gasteiger partial charge >= 0.3 is 12.0 Å². The van der Waals surface area contributed by atoms with Crippen molar-refractivity contribution in [3.8, 4) is 0 Å². The quantitative estimate of drug-likeness (QED) is 0.372. The van der Waals surface area contributed by atoms with Crippen LogP contribution in [-0.4, -0.2) is 92.7 Å². The van der Waals surface area contributed by atoms with Crippen LogP contribution in [0.25, 0.3) is 17.2 Å². The van der Waals surface area contributed by atoms with Crippen LogP contribution in [0.3, 0.4) is 0 Å². The molecule has 0 radical (unpaired) electrons. The highest BCUT2D eigenvalue weighted by Crippen LogP contribution is 2.42. The lowest BCUT2D eigenvalue weighted by Crippen LogP contribution is -2.49. The summed E-state index contributed by atoms with van der Waals surface area (Å²) >= 11 is 0. The zero-order chi connectivity index (χ0) is 29.9. The monoisotopic (exact) mass is 591 g/mol. The van der Waals surface area contributed by atoms with E-state index in [0.29, 0.717) is 37.1 Å². The molecule has 3 amide bonds. The van der Waals surface area contributed by atoms with Crippen LogP contribution in [0.4, 0.5) is 10.6 Å². The minimum absolute atomic E-state index is 0.221. The molecule has 0 bridgehead atoms. The summed E-state index contributed by atoms with van der Waals surface area (Å²) in [7, 11) is 0. The number of amides is 3. The molecule has 43 heavy (non-hydrogen) atoms. The second kappa shape index (κ2) is 12.5. The second-order valence-corrected chi connectivity index (χ2v) is 10.3. The number of nitrogens with zero attached hydrogens (tertiary/aromatic N) is 5. The minimum atomic E-state index is -1.06. The number of hydrogen-bond donors (Lipinski definition) is 2. The van der Waals surface area contributed by atoms with Gasteiger partial charge in [-0.15, -0.1) is 0 Å². The molecule has 2 aromatic heterocycles. The Balaban J connectivity index is 1.30. The smallest absolute Gasteiger partial charge is 0.328 e. The van der Waals surface area contributed by atoms with Gasteiger partial charge in [-0.3, -0.25) is 14.7 Å². The maximum Gasteiger partial charge on any atom is 0.328 e. The Bertz CT molecular complexity index is 1510. The molecule has 6 atom stereocenters. The van der Waals surface area contributed by atoms with Gasteiger partial charge in [0, 0.05) is 13.1 Å². The molecule has 4 unspecified atom stereocenters. The molecule has 226 valence electrons. The summed E-state index contributed by atoms with van der Waals surface area (Å²) in [5.74, 6) is -0.586. The van der Waals surface area contributed by atoms with Crippen LogP contribution in [0.15, 0.2) is 49.1 Å². The number of anilines is 1. The van der Waals surface area contributed by atoms with Crippen LogP contribution in [0.2, 0.25) is 0 Å². The molecule has 14 nitrogen and oxygen atoms in total. The first-order valence-corrected chi connectivity index (χ1v) is 14.4. The molecule has 0 saturated carbocycles. The standard InChI is InChI=1S/C29H33N7O7/c1-3-30-29(39)34-24-20-25(32-15-31-24)36(16-33-20)27-23-21(41-19(42-23)13-12-17-9-6-5-7-10-17)22(43-27)26(37)35-14-8-11-18(35)28(38)40-4-2/h5-7,9-10,12-13,15-16,18-19,21-23,27H,3-4,8,11,14H2,1-2H3,(H2,30,31,32,34,39)/t18-,19-,21?,22?,23?,27?/m0/s1. The number of carbonyl (C=O) groups excluding carboxylic acids is 3. The molecule has 3 aliphatic heterocycles. The highest BCUT2D eigenvalue weighted by atomic mass is 16.8. The number of benzene rings is 1. The SMILES string of the molecule is CCNC(=O)Nc1ncnc2c1ncn2C1OC(C(=O)N2CCC[C@H]2C(=O)OCC)C2O[C@H](C=Cc3ccccc3)OC21. The minimum Gasteiger partial charge on any atom is -0.464 e. The van der Waals surface area contributed by atoms with Crippen molar-refractivity contribution in [3.05, 3.63) is 54.6 Å².